The third kappa shape index (κ3) is 3.99. The van der Waals surface area contributed by atoms with Crippen LogP contribution in [-0.2, 0) is 6.16 Å². The summed E-state index contributed by atoms with van der Waals surface area (Å²) in [6, 6.07) is 28.3. The second kappa shape index (κ2) is 7.73. The molecule has 0 amide bonds. The van der Waals surface area contributed by atoms with Gasteiger partial charge in [0, 0.05) is 0 Å². The van der Waals surface area contributed by atoms with Crippen LogP contribution in [0.3, 0.4) is 0 Å². The van der Waals surface area contributed by atoms with Crippen molar-refractivity contribution in [2.45, 2.75) is 6.16 Å². The van der Waals surface area contributed by atoms with Gasteiger partial charge in [-0.15, -0.1) is 0 Å². The van der Waals surface area contributed by atoms with E-state index in [1.165, 1.54) is 16.2 Å². The molecule has 0 aliphatic heterocycles. The molecule has 0 aromatic heterocycles. The molecule has 0 saturated carbocycles. The number of halogens is 2. The molecule has 0 N–H and O–H groups in total. The fraction of sp³-hybridized carbons (Fsp3) is 0.100. The van der Waals surface area contributed by atoms with E-state index in [1.807, 2.05) is 12.1 Å². The summed E-state index contributed by atoms with van der Waals surface area (Å²) in [5, 5.41) is 2.76. The zero-order valence-electron chi connectivity index (χ0n) is 13.0. The maximum absolute atomic E-state index is 13.2. The van der Waals surface area contributed by atoms with E-state index in [4.69, 9.17) is 0 Å². The summed E-state index contributed by atoms with van der Waals surface area (Å²) in [6.07, 6.45) is 0.946. The minimum Gasteiger partial charge on any atom is -1.00 e. The molecule has 3 aromatic rings. The van der Waals surface area contributed by atoms with E-state index in [0.717, 1.165) is 6.16 Å². The van der Waals surface area contributed by atoms with E-state index in [1.54, 1.807) is 12.1 Å². The molecule has 3 heteroatoms. The van der Waals surface area contributed by atoms with Gasteiger partial charge in [-0.3, -0.25) is 0 Å². The first-order valence-electron chi connectivity index (χ1n) is 7.40. The van der Waals surface area contributed by atoms with Crippen LogP contribution in [0.25, 0.3) is 0 Å². The first kappa shape index (κ1) is 17.7. The Kier molecular flexibility index (Phi) is 5.93. The summed E-state index contributed by atoms with van der Waals surface area (Å²) in [4.78, 5) is 0. The van der Waals surface area contributed by atoms with Crippen LogP contribution in [0.15, 0.2) is 84.9 Å². The Morgan fingerprint density at radius 3 is 1.57 bits per heavy atom. The van der Waals surface area contributed by atoms with Gasteiger partial charge in [-0.05, 0) is 42.0 Å². The maximum atomic E-state index is 13.2. The monoisotopic (exact) mass is 344 g/mol. The summed E-state index contributed by atoms with van der Waals surface area (Å²) in [5.74, 6) is -0.178. The van der Waals surface area contributed by atoms with Gasteiger partial charge in [-0.25, -0.2) is 4.39 Å². The quantitative estimate of drug-likeness (QED) is 0.631. The molecule has 23 heavy (non-hydrogen) atoms. The van der Waals surface area contributed by atoms with E-state index in [2.05, 4.69) is 67.3 Å². The fourth-order valence-electron chi connectivity index (χ4n) is 2.80. The second-order valence-corrected chi connectivity index (χ2v) is 9.38. The van der Waals surface area contributed by atoms with Crippen molar-refractivity contribution >= 4 is 17.9 Å². The minimum atomic E-state index is -1.53. The Bertz CT molecular complexity index is 687. The van der Waals surface area contributed by atoms with Crippen molar-refractivity contribution in [2.75, 3.05) is 6.66 Å². The van der Waals surface area contributed by atoms with Crippen LogP contribution in [-0.4, -0.2) is 6.66 Å². The van der Waals surface area contributed by atoms with Crippen LogP contribution in [0.1, 0.15) is 5.56 Å². The smallest absolute Gasteiger partial charge is 0.123 e. The molecule has 0 atom stereocenters. The molecular weight excluding hydrogens is 326 g/mol. The Morgan fingerprint density at radius 1 is 0.696 bits per heavy atom. The zero-order valence-corrected chi connectivity index (χ0v) is 14.6. The third-order valence-electron chi connectivity index (χ3n) is 4.06. The summed E-state index contributed by atoms with van der Waals surface area (Å²) in [5.41, 5.74) is 1.19. The fourth-order valence-corrected chi connectivity index (χ4v) is 6.07. The summed E-state index contributed by atoms with van der Waals surface area (Å²) in [7, 11) is -1.53. The van der Waals surface area contributed by atoms with Crippen molar-refractivity contribution in [2.24, 2.45) is 0 Å². The Morgan fingerprint density at radius 2 is 1.13 bits per heavy atom. The second-order valence-electron chi connectivity index (χ2n) is 5.65. The number of benzene rings is 3. The van der Waals surface area contributed by atoms with Gasteiger partial charge in [0.05, 0.1) is 30.7 Å². The zero-order chi connectivity index (χ0) is 15.4. The number of hydrogen-bond donors (Lipinski definition) is 0. The van der Waals surface area contributed by atoms with Crippen molar-refractivity contribution in [3.63, 3.8) is 0 Å². The molecule has 3 aromatic carbocycles. The molecule has 0 nitrogen and oxygen atoms in total. The maximum Gasteiger partial charge on any atom is 0.123 e. The Hall–Kier alpha value is -1.69. The van der Waals surface area contributed by atoms with E-state index in [9.17, 15) is 4.39 Å². The number of hydrogen-bond acceptors (Lipinski definition) is 0. The SMILES string of the molecule is C[P+](Cc1ccc(F)cc1)(c1ccccc1)c1ccccc1.[Cl-]. The first-order valence-corrected chi connectivity index (χ1v) is 9.82. The molecule has 0 bridgehead atoms. The standard InChI is InChI=1S/C20H19FP.ClH/c1-22(19-8-4-2-5-9-19,20-10-6-3-7-11-20)16-17-12-14-18(21)15-13-17;/h2-15H,16H2,1H3;1H/q+1;/p-1. The molecular formula is C20H19ClFP. The highest BCUT2D eigenvalue weighted by molar-refractivity contribution is 7.88. The first-order chi connectivity index (χ1) is 10.7. The van der Waals surface area contributed by atoms with E-state index >= 15 is 0 Å². The third-order valence-corrected chi connectivity index (χ3v) is 7.94. The minimum absolute atomic E-state index is 0. The summed E-state index contributed by atoms with van der Waals surface area (Å²) >= 11 is 0. The Balaban J connectivity index is 0.00000192. The average Bonchev–Trinajstić information content (AvgIpc) is 2.58. The highest BCUT2D eigenvalue weighted by atomic mass is 35.5. The van der Waals surface area contributed by atoms with Crippen molar-refractivity contribution in [3.8, 4) is 0 Å². The lowest BCUT2D eigenvalue weighted by atomic mass is 10.2. The van der Waals surface area contributed by atoms with Gasteiger partial charge in [-0.1, -0.05) is 48.5 Å². The molecule has 3 rings (SSSR count). The molecule has 0 heterocycles. The molecule has 0 unspecified atom stereocenters. The molecule has 0 spiro atoms. The van der Waals surface area contributed by atoms with Crippen molar-refractivity contribution in [1.82, 2.24) is 0 Å². The largest absolute Gasteiger partial charge is 1.00 e. The molecule has 0 radical (unpaired) electrons. The highest BCUT2D eigenvalue weighted by Gasteiger charge is 2.37. The van der Waals surface area contributed by atoms with Crippen LogP contribution in [0.5, 0.6) is 0 Å². The van der Waals surface area contributed by atoms with E-state index < -0.39 is 7.26 Å². The Labute approximate surface area is 144 Å². The summed E-state index contributed by atoms with van der Waals surface area (Å²) < 4.78 is 13.2. The van der Waals surface area contributed by atoms with Gasteiger partial charge in [0.2, 0.25) is 0 Å². The van der Waals surface area contributed by atoms with Gasteiger partial charge in [0.15, 0.2) is 0 Å². The van der Waals surface area contributed by atoms with E-state index in [-0.39, 0.29) is 18.2 Å². The van der Waals surface area contributed by atoms with Crippen LogP contribution in [0.2, 0.25) is 0 Å². The van der Waals surface area contributed by atoms with Crippen molar-refractivity contribution in [3.05, 3.63) is 96.3 Å². The molecule has 0 fully saturated rings. The topological polar surface area (TPSA) is 0 Å². The van der Waals surface area contributed by atoms with Gasteiger partial charge in [0.25, 0.3) is 0 Å². The van der Waals surface area contributed by atoms with Crippen molar-refractivity contribution in [1.29, 1.82) is 0 Å². The summed E-state index contributed by atoms with van der Waals surface area (Å²) in [6.45, 7) is 2.36. The van der Waals surface area contributed by atoms with Crippen LogP contribution in [0, 0.1) is 5.82 Å². The van der Waals surface area contributed by atoms with Gasteiger partial charge in [-0.2, -0.15) is 0 Å². The number of rotatable bonds is 4. The van der Waals surface area contributed by atoms with Gasteiger partial charge in [0.1, 0.15) is 5.82 Å². The lowest BCUT2D eigenvalue weighted by Gasteiger charge is -2.23. The van der Waals surface area contributed by atoms with Crippen LogP contribution < -0.4 is 23.0 Å². The molecule has 118 valence electrons. The van der Waals surface area contributed by atoms with Crippen molar-refractivity contribution < 1.29 is 16.8 Å². The molecule has 0 aliphatic rings. The lowest BCUT2D eigenvalue weighted by Crippen LogP contribution is -3.00. The normalized spacial score (nSPS) is 10.9. The van der Waals surface area contributed by atoms with Crippen LogP contribution in [0.4, 0.5) is 4.39 Å². The average molecular weight is 345 g/mol. The van der Waals surface area contributed by atoms with Crippen LogP contribution >= 0.6 is 7.26 Å². The highest BCUT2D eigenvalue weighted by Crippen LogP contribution is 2.55. The van der Waals surface area contributed by atoms with Gasteiger partial charge >= 0.3 is 0 Å². The van der Waals surface area contributed by atoms with Gasteiger partial charge < -0.3 is 12.4 Å². The predicted molar refractivity (Wildman–Crippen MR) is 95.1 cm³/mol. The van der Waals surface area contributed by atoms with E-state index in [0.29, 0.717) is 0 Å². The lowest BCUT2D eigenvalue weighted by molar-refractivity contribution is -0.00000503. The molecule has 0 aliphatic carbocycles. The molecule has 0 saturated heterocycles. The predicted octanol–water partition coefficient (Wildman–Crippen LogP) is 1.63.